The number of nitrogens with one attached hydrogen (secondary N) is 1. The molecule has 0 unspecified atom stereocenters. The van der Waals surface area contributed by atoms with Gasteiger partial charge in [-0.05, 0) is 26.0 Å². The van der Waals surface area contributed by atoms with Crippen LogP contribution in [-0.2, 0) is 0 Å². The maximum Gasteiger partial charge on any atom is 0.413 e. The van der Waals surface area contributed by atoms with E-state index in [1.54, 1.807) is 38.1 Å². The first kappa shape index (κ1) is 12.8. The molecule has 1 amide bonds. The lowest BCUT2D eigenvalue weighted by molar-refractivity contribution is 0.189. The van der Waals surface area contributed by atoms with Crippen LogP contribution in [0.3, 0.4) is 0 Å². The summed E-state index contributed by atoms with van der Waals surface area (Å²) in [6.45, 7) is 3.94. The van der Waals surface area contributed by atoms with Crippen LogP contribution < -0.4 is 15.8 Å². The largest absolute Gasteiger partial charge is 0.413 e. The molecule has 0 aliphatic carbocycles. The third kappa shape index (κ3) is 3.72. The molecule has 0 fully saturated rings. The molecule has 3 N–H and O–H groups in total. The molecule has 16 heavy (non-hydrogen) atoms. The highest BCUT2D eigenvalue weighted by Crippen LogP contribution is 2.23. The van der Waals surface area contributed by atoms with Crippen molar-refractivity contribution in [1.29, 1.82) is 0 Å². The van der Waals surface area contributed by atoms with Crippen molar-refractivity contribution in [1.82, 2.24) is 5.32 Å². The highest BCUT2D eigenvalue weighted by molar-refractivity contribution is 6.32. The lowest BCUT2D eigenvalue weighted by Gasteiger charge is -2.23. The SMILES string of the molecule is CC(C)(CN)NC(=O)Oc1ccccc1Cl. The van der Waals surface area contributed by atoms with E-state index < -0.39 is 11.6 Å². The Morgan fingerprint density at radius 2 is 2.12 bits per heavy atom. The zero-order valence-corrected chi connectivity index (χ0v) is 10.0. The number of benzene rings is 1. The fourth-order valence-electron chi connectivity index (χ4n) is 0.980. The zero-order valence-electron chi connectivity index (χ0n) is 9.29. The molecular weight excluding hydrogens is 228 g/mol. The number of carbonyl (C=O) groups excluding carboxylic acids is 1. The van der Waals surface area contributed by atoms with Crippen LogP contribution >= 0.6 is 11.6 Å². The lowest BCUT2D eigenvalue weighted by atomic mass is 10.1. The number of hydrogen-bond donors (Lipinski definition) is 2. The first-order valence-corrected chi connectivity index (χ1v) is 5.27. The van der Waals surface area contributed by atoms with Gasteiger partial charge in [-0.3, -0.25) is 0 Å². The van der Waals surface area contributed by atoms with Crippen molar-refractivity contribution in [2.45, 2.75) is 19.4 Å². The van der Waals surface area contributed by atoms with Crippen LogP contribution in [0.4, 0.5) is 4.79 Å². The summed E-state index contributed by atoms with van der Waals surface area (Å²) in [5, 5.41) is 3.03. The Morgan fingerprint density at radius 3 is 2.69 bits per heavy atom. The van der Waals surface area contributed by atoms with Crippen LogP contribution in [0.15, 0.2) is 24.3 Å². The number of hydrogen-bond acceptors (Lipinski definition) is 3. The standard InChI is InChI=1S/C11H15ClN2O2/c1-11(2,7-13)14-10(15)16-9-6-4-3-5-8(9)12/h3-6H,7,13H2,1-2H3,(H,14,15). The molecule has 4 nitrogen and oxygen atoms in total. The second kappa shape index (κ2) is 5.18. The molecule has 0 radical (unpaired) electrons. The Kier molecular flexibility index (Phi) is 4.15. The van der Waals surface area contributed by atoms with Gasteiger partial charge in [-0.15, -0.1) is 0 Å². The van der Waals surface area contributed by atoms with Gasteiger partial charge in [0.2, 0.25) is 0 Å². The summed E-state index contributed by atoms with van der Waals surface area (Å²) in [4.78, 5) is 11.5. The van der Waals surface area contributed by atoms with E-state index in [2.05, 4.69) is 5.32 Å². The van der Waals surface area contributed by atoms with Crippen molar-refractivity contribution in [3.05, 3.63) is 29.3 Å². The number of amides is 1. The molecule has 0 aromatic heterocycles. The van der Waals surface area contributed by atoms with E-state index in [4.69, 9.17) is 22.1 Å². The molecule has 0 atom stereocenters. The predicted octanol–water partition coefficient (Wildman–Crippen LogP) is 2.17. The monoisotopic (exact) mass is 242 g/mol. The van der Waals surface area contributed by atoms with Crippen molar-refractivity contribution in [2.75, 3.05) is 6.54 Å². The van der Waals surface area contributed by atoms with E-state index in [1.165, 1.54) is 0 Å². The molecule has 0 bridgehead atoms. The fourth-order valence-corrected chi connectivity index (χ4v) is 1.15. The molecule has 5 heteroatoms. The summed E-state index contributed by atoms with van der Waals surface area (Å²) in [6.07, 6.45) is -0.566. The van der Waals surface area contributed by atoms with Gasteiger partial charge in [0.15, 0.2) is 5.75 Å². The van der Waals surface area contributed by atoms with Gasteiger partial charge in [-0.25, -0.2) is 4.79 Å². The van der Waals surface area contributed by atoms with Gasteiger partial charge in [0, 0.05) is 12.1 Å². The normalized spacial score (nSPS) is 11.0. The minimum absolute atomic E-state index is 0.324. The smallest absolute Gasteiger partial charge is 0.409 e. The molecule has 0 heterocycles. The van der Waals surface area contributed by atoms with Gasteiger partial charge >= 0.3 is 6.09 Å². The third-order valence-corrected chi connectivity index (χ3v) is 2.30. The maximum absolute atomic E-state index is 11.5. The summed E-state index contributed by atoms with van der Waals surface area (Å²) >= 11 is 5.84. The molecule has 1 rings (SSSR count). The number of nitrogens with two attached hydrogens (primary N) is 1. The molecule has 0 aliphatic rings. The van der Waals surface area contributed by atoms with Crippen LogP contribution in [0, 0.1) is 0 Å². The number of para-hydroxylation sites is 1. The highest BCUT2D eigenvalue weighted by atomic mass is 35.5. The molecule has 0 saturated carbocycles. The summed E-state index contributed by atoms with van der Waals surface area (Å²) in [5.41, 5.74) is 4.98. The van der Waals surface area contributed by atoms with Gasteiger partial charge in [0.05, 0.1) is 5.02 Å². The van der Waals surface area contributed by atoms with Gasteiger partial charge in [0.1, 0.15) is 0 Å². The van der Waals surface area contributed by atoms with E-state index in [-0.39, 0.29) is 0 Å². The van der Waals surface area contributed by atoms with Crippen LogP contribution in [0.2, 0.25) is 5.02 Å². The number of carbonyl (C=O) groups is 1. The van der Waals surface area contributed by atoms with Crippen molar-refractivity contribution in [3.63, 3.8) is 0 Å². The highest BCUT2D eigenvalue weighted by Gasteiger charge is 2.19. The van der Waals surface area contributed by atoms with Gasteiger partial charge in [-0.1, -0.05) is 23.7 Å². The second-order valence-corrected chi connectivity index (χ2v) is 4.44. The van der Waals surface area contributed by atoms with E-state index in [9.17, 15) is 4.79 Å². The number of ether oxygens (including phenoxy) is 1. The van der Waals surface area contributed by atoms with E-state index in [0.29, 0.717) is 17.3 Å². The quantitative estimate of drug-likeness (QED) is 0.854. The maximum atomic E-state index is 11.5. The molecule has 0 spiro atoms. The Balaban J connectivity index is 2.62. The summed E-state index contributed by atoms with van der Waals surface area (Å²) in [6, 6.07) is 6.77. The minimum Gasteiger partial charge on any atom is -0.409 e. The molecule has 0 saturated heterocycles. The molecule has 1 aromatic carbocycles. The third-order valence-electron chi connectivity index (χ3n) is 1.99. The van der Waals surface area contributed by atoms with Crippen molar-refractivity contribution in [2.24, 2.45) is 5.73 Å². The Bertz CT molecular complexity index is 380. The first-order valence-electron chi connectivity index (χ1n) is 4.89. The average molecular weight is 243 g/mol. The van der Waals surface area contributed by atoms with E-state index >= 15 is 0 Å². The summed E-state index contributed by atoms with van der Waals surface area (Å²) in [5.74, 6) is 0.328. The van der Waals surface area contributed by atoms with Gasteiger partial charge in [-0.2, -0.15) is 0 Å². The van der Waals surface area contributed by atoms with Crippen molar-refractivity contribution in [3.8, 4) is 5.75 Å². The van der Waals surface area contributed by atoms with Crippen LogP contribution in [-0.4, -0.2) is 18.2 Å². The molecular formula is C11H15ClN2O2. The van der Waals surface area contributed by atoms with Crippen molar-refractivity contribution < 1.29 is 9.53 Å². The number of halogens is 1. The average Bonchev–Trinajstić information content (AvgIpc) is 2.21. The lowest BCUT2D eigenvalue weighted by Crippen LogP contribution is -2.49. The topological polar surface area (TPSA) is 64.3 Å². The van der Waals surface area contributed by atoms with Crippen molar-refractivity contribution >= 4 is 17.7 Å². The summed E-state index contributed by atoms with van der Waals surface area (Å²) in [7, 11) is 0. The minimum atomic E-state index is -0.566. The second-order valence-electron chi connectivity index (χ2n) is 4.03. The Morgan fingerprint density at radius 1 is 1.50 bits per heavy atom. The van der Waals surface area contributed by atoms with Crippen LogP contribution in [0.1, 0.15) is 13.8 Å². The van der Waals surface area contributed by atoms with E-state index in [0.717, 1.165) is 0 Å². The van der Waals surface area contributed by atoms with Crippen LogP contribution in [0.25, 0.3) is 0 Å². The number of rotatable bonds is 3. The predicted molar refractivity (Wildman–Crippen MR) is 63.7 cm³/mol. The Hall–Kier alpha value is -1.26. The zero-order chi connectivity index (χ0) is 12.2. The molecule has 1 aromatic rings. The van der Waals surface area contributed by atoms with Gasteiger partial charge < -0.3 is 15.8 Å². The van der Waals surface area contributed by atoms with E-state index in [1.807, 2.05) is 0 Å². The Labute approximate surface area is 99.7 Å². The summed E-state index contributed by atoms with van der Waals surface area (Å²) < 4.78 is 5.05. The van der Waals surface area contributed by atoms with Gasteiger partial charge in [0.25, 0.3) is 0 Å². The first-order chi connectivity index (χ1) is 7.44. The molecule has 0 aliphatic heterocycles. The van der Waals surface area contributed by atoms with Crippen LogP contribution in [0.5, 0.6) is 5.75 Å². The molecule has 88 valence electrons. The fraction of sp³-hybridized carbons (Fsp3) is 0.364.